The standard InChI is InChI=1S/C17H17F3N2O4S/c1-9(2)22-27(24,25)14-8-10(4-7-13(14)26-3)17(23)21-12-6-5-11(18)15(19)16(12)20/h4-9,22H,1-3H3,(H,21,23). The van der Waals surface area contributed by atoms with Gasteiger partial charge in [-0.05, 0) is 44.2 Å². The second-order valence-corrected chi connectivity index (χ2v) is 7.50. The summed E-state index contributed by atoms with van der Waals surface area (Å²) in [6.45, 7) is 3.24. The fourth-order valence-corrected chi connectivity index (χ4v) is 3.66. The maximum absolute atomic E-state index is 13.7. The smallest absolute Gasteiger partial charge is 0.255 e. The van der Waals surface area contributed by atoms with Crippen molar-refractivity contribution in [2.75, 3.05) is 12.4 Å². The number of halogens is 3. The summed E-state index contributed by atoms with van der Waals surface area (Å²) in [6, 6.07) is 4.65. The Morgan fingerprint density at radius 2 is 1.74 bits per heavy atom. The van der Waals surface area contributed by atoms with Gasteiger partial charge < -0.3 is 10.1 Å². The highest BCUT2D eigenvalue weighted by atomic mass is 32.2. The third-order valence-corrected chi connectivity index (χ3v) is 5.07. The molecule has 0 bridgehead atoms. The van der Waals surface area contributed by atoms with Crippen LogP contribution in [0.25, 0.3) is 0 Å². The van der Waals surface area contributed by atoms with E-state index < -0.39 is 45.1 Å². The van der Waals surface area contributed by atoms with E-state index >= 15 is 0 Å². The highest BCUT2D eigenvalue weighted by Crippen LogP contribution is 2.26. The molecule has 10 heteroatoms. The van der Waals surface area contributed by atoms with Crippen LogP contribution in [0.3, 0.4) is 0 Å². The topological polar surface area (TPSA) is 84.5 Å². The molecule has 0 fully saturated rings. The van der Waals surface area contributed by atoms with Gasteiger partial charge in [-0.3, -0.25) is 4.79 Å². The Morgan fingerprint density at radius 1 is 1.07 bits per heavy atom. The molecule has 0 unspecified atom stereocenters. The summed E-state index contributed by atoms with van der Waals surface area (Å²) in [5.74, 6) is -5.61. The first kappa shape index (κ1) is 20.7. The Morgan fingerprint density at radius 3 is 2.33 bits per heavy atom. The van der Waals surface area contributed by atoms with E-state index in [0.29, 0.717) is 6.07 Å². The van der Waals surface area contributed by atoms with Gasteiger partial charge in [0.05, 0.1) is 12.8 Å². The van der Waals surface area contributed by atoms with Crippen molar-refractivity contribution >= 4 is 21.6 Å². The fourth-order valence-electron chi connectivity index (χ4n) is 2.22. The van der Waals surface area contributed by atoms with Gasteiger partial charge in [0.2, 0.25) is 10.0 Å². The molecular formula is C17H17F3N2O4S. The molecule has 146 valence electrons. The van der Waals surface area contributed by atoms with E-state index in [1.54, 1.807) is 13.8 Å². The summed E-state index contributed by atoms with van der Waals surface area (Å²) >= 11 is 0. The minimum atomic E-state index is -3.99. The van der Waals surface area contributed by atoms with Crippen molar-refractivity contribution in [3.05, 3.63) is 53.3 Å². The summed E-state index contributed by atoms with van der Waals surface area (Å²) in [5, 5.41) is 2.07. The van der Waals surface area contributed by atoms with Gasteiger partial charge in [-0.2, -0.15) is 0 Å². The van der Waals surface area contributed by atoms with E-state index in [1.165, 1.54) is 19.2 Å². The molecule has 2 rings (SSSR count). The molecule has 2 aromatic carbocycles. The van der Waals surface area contributed by atoms with Crippen molar-refractivity contribution in [1.82, 2.24) is 4.72 Å². The van der Waals surface area contributed by atoms with Crippen molar-refractivity contribution in [1.29, 1.82) is 0 Å². The summed E-state index contributed by atoms with van der Waals surface area (Å²) in [5.41, 5.74) is -0.733. The van der Waals surface area contributed by atoms with Crippen LogP contribution in [0.15, 0.2) is 35.2 Å². The fraction of sp³-hybridized carbons (Fsp3) is 0.235. The SMILES string of the molecule is COc1ccc(C(=O)Nc2ccc(F)c(F)c2F)cc1S(=O)(=O)NC(C)C. The number of nitrogens with one attached hydrogen (secondary N) is 2. The maximum atomic E-state index is 13.7. The van der Waals surface area contributed by atoms with Crippen LogP contribution in [-0.2, 0) is 10.0 Å². The molecule has 2 N–H and O–H groups in total. The van der Waals surface area contributed by atoms with Crippen LogP contribution < -0.4 is 14.8 Å². The number of amides is 1. The lowest BCUT2D eigenvalue weighted by atomic mass is 10.2. The maximum Gasteiger partial charge on any atom is 0.255 e. The highest BCUT2D eigenvalue weighted by molar-refractivity contribution is 7.89. The van der Waals surface area contributed by atoms with E-state index in [9.17, 15) is 26.4 Å². The number of hydrogen-bond donors (Lipinski definition) is 2. The summed E-state index contributed by atoms with van der Waals surface area (Å²) in [4.78, 5) is 12.0. The molecule has 0 saturated carbocycles. The molecule has 0 aliphatic rings. The first-order valence-electron chi connectivity index (χ1n) is 7.72. The van der Waals surface area contributed by atoms with Gasteiger partial charge in [0, 0.05) is 11.6 Å². The third kappa shape index (κ3) is 4.58. The van der Waals surface area contributed by atoms with Crippen LogP contribution in [0.1, 0.15) is 24.2 Å². The molecule has 0 saturated heterocycles. The van der Waals surface area contributed by atoms with Crippen molar-refractivity contribution in [3.8, 4) is 5.75 Å². The molecule has 0 aromatic heterocycles. The minimum Gasteiger partial charge on any atom is -0.495 e. The van der Waals surface area contributed by atoms with Gasteiger partial charge in [-0.1, -0.05) is 0 Å². The molecule has 0 aliphatic carbocycles. The molecule has 0 spiro atoms. The molecule has 6 nitrogen and oxygen atoms in total. The molecule has 1 amide bonds. The van der Waals surface area contributed by atoms with Gasteiger partial charge in [0.1, 0.15) is 10.6 Å². The van der Waals surface area contributed by atoms with E-state index in [2.05, 4.69) is 10.0 Å². The number of ether oxygens (including phenoxy) is 1. The number of carbonyl (C=O) groups is 1. The lowest BCUT2D eigenvalue weighted by Gasteiger charge is -2.14. The van der Waals surface area contributed by atoms with Crippen LogP contribution in [0.4, 0.5) is 18.9 Å². The van der Waals surface area contributed by atoms with E-state index in [1.807, 2.05) is 0 Å². The lowest BCUT2D eigenvalue weighted by molar-refractivity contribution is 0.102. The average Bonchev–Trinajstić information content (AvgIpc) is 2.60. The predicted octanol–water partition coefficient (Wildman–Crippen LogP) is 3.05. The van der Waals surface area contributed by atoms with Gasteiger partial charge in [0.15, 0.2) is 17.5 Å². The van der Waals surface area contributed by atoms with Gasteiger partial charge >= 0.3 is 0 Å². The summed E-state index contributed by atoms with van der Waals surface area (Å²) in [7, 11) is -2.73. The van der Waals surface area contributed by atoms with Crippen LogP contribution in [0, 0.1) is 17.5 Å². The number of hydrogen-bond acceptors (Lipinski definition) is 4. The van der Waals surface area contributed by atoms with Crippen LogP contribution in [0.5, 0.6) is 5.75 Å². The van der Waals surface area contributed by atoms with Crippen molar-refractivity contribution < 1.29 is 31.1 Å². The molecule has 0 heterocycles. The van der Waals surface area contributed by atoms with Crippen LogP contribution >= 0.6 is 0 Å². The Bertz CT molecular complexity index is 978. The predicted molar refractivity (Wildman–Crippen MR) is 92.7 cm³/mol. The third-order valence-electron chi connectivity index (χ3n) is 3.39. The molecule has 0 atom stereocenters. The van der Waals surface area contributed by atoms with Crippen LogP contribution in [-0.4, -0.2) is 27.5 Å². The number of rotatable bonds is 6. The van der Waals surface area contributed by atoms with E-state index in [0.717, 1.165) is 12.1 Å². The monoisotopic (exact) mass is 402 g/mol. The first-order chi connectivity index (χ1) is 12.6. The second kappa shape index (κ2) is 7.97. The molecule has 27 heavy (non-hydrogen) atoms. The largest absolute Gasteiger partial charge is 0.495 e. The zero-order valence-electron chi connectivity index (χ0n) is 14.6. The van der Waals surface area contributed by atoms with Crippen molar-refractivity contribution in [2.45, 2.75) is 24.8 Å². The van der Waals surface area contributed by atoms with Gasteiger partial charge in [-0.15, -0.1) is 0 Å². The second-order valence-electron chi connectivity index (χ2n) is 5.82. The van der Waals surface area contributed by atoms with Crippen molar-refractivity contribution in [3.63, 3.8) is 0 Å². The molecular weight excluding hydrogens is 385 g/mol. The Kier molecular flexibility index (Phi) is 6.11. The van der Waals surface area contributed by atoms with E-state index in [-0.39, 0.29) is 16.2 Å². The quantitative estimate of drug-likeness (QED) is 0.728. The van der Waals surface area contributed by atoms with Gasteiger partial charge in [0.25, 0.3) is 5.91 Å². The van der Waals surface area contributed by atoms with Gasteiger partial charge in [-0.25, -0.2) is 26.3 Å². The Labute approximate surface area is 154 Å². The summed E-state index contributed by atoms with van der Waals surface area (Å²) in [6.07, 6.45) is 0. The molecule has 2 aromatic rings. The first-order valence-corrected chi connectivity index (χ1v) is 9.20. The van der Waals surface area contributed by atoms with Crippen molar-refractivity contribution in [2.24, 2.45) is 0 Å². The highest BCUT2D eigenvalue weighted by Gasteiger charge is 2.23. The average molecular weight is 402 g/mol. The normalized spacial score (nSPS) is 11.5. The van der Waals surface area contributed by atoms with E-state index in [4.69, 9.17) is 4.74 Å². The zero-order chi connectivity index (χ0) is 20.4. The molecule has 0 radical (unpaired) electrons. The summed E-state index contributed by atoms with van der Waals surface area (Å²) < 4.78 is 72.2. The molecule has 0 aliphatic heterocycles. The zero-order valence-corrected chi connectivity index (χ0v) is 15.5. The Hall–Kier alpha value is -2.59. The van der Waals surface area contributed by atoms with Crippen LogP contribution in [0.2, 0.25) is 0 Å². The number of benzene rings is 2. The minimum absolute atomic E-state index is 0.00120. The Balaban J connectivity index is 2.41. The number of methoxy groups -OCH3 is 1. The number of sulfonamides is 1. The lowest BCUT2D eigenvalue weighted by Crippen LogP contribution is -2.30. The number of carbonyl (C=O) groups excluding carboxylic acids is 1. The number of anilines is 1.